The summed E-state index contributed by atoms with van der Waals surface area (Å²) in [7, 11) is 0. The van der Waals surface area contributed by atoms with Crippen LogP contribution in [0.2, 0.25) is 1.41 Å². The molecule has 5 heteroatoms. The Labute approximate surface area is 101 Å². The molecule has 92 valence electrons. The number of benzene rings is 1. The second kappa shape index (κ2) is 6.00. The molecule has 0 heterocycles. The summed E-state index contributed by atoms with van der Waals surface area (Å²) in [6.45, 7) is 1.38. The van der Waals surface area contributed by atoms with Crippen molar-refractivity contribution in [3.63, 3.8) is 0 Å². The molecule has 0 bridgehead atoms. The minimum atomic E-state index is -1.10. The summed E-state index contributed by atoms with van der Waals surface area (Å²) >= 11 is 0. The maximum absolute atomic E-state index is 11.7. The molecule has 0 aliphatic heterocycles. The Morgan fingerprint density at radius 1 is 1.47 bits per heavy atom. The van der Waals surface area contributed by atoms with Gasteiger partial charge in [0.25, 0.3) is 0 Å². The summed E-state index contributed by atoms with van der Waals surface area (Å²) in [5, 5.41) is 11.0. The number of rotatable bonds is 6. The van der Waals surface area contributed by atoms with Crippen molar-refractivity contribution in [3.05, 3.63) is 35.9 Å². The Morgan fingerprint density at radius 2 is 2.12 bits per heavy atom. The smallest absolute Gasteiger partial charge is 0.325 e. The van der Waals surface area contributed by atoms with Crippen LogP contribution in [0.15, 0.2) is 30.3 Å². The van der Waals surface area contributed by atoms with Gasteiger partial charge in [-0.3, -0.25) is 9.59 Å². The van der Waals surface area contributed by atoms with Crippen molar-refractivity contribution >= 4 is 11.9 Å². The van der Waals surface area contributed by atoms with Crippen molar-refractivity contribution in [1.29, 1.82) is 0 Å². The molecule has 0 fully saturated rings. The third-order valence-electron chi connectivity index (χ3n) is 2.33. The molecule has 0 unspecified atom stereocenters. The zero-order chi connectivity index (χ0) is 13.5. The van der Waals surface area contributed by atoms with E-state index in [0.717, 1.165) is 5.56 Å². The Bertz CT molecular complexity index is 411. The van der Waals surface area contributed by atoms with E-state index in [-0.39, 0.29) is 0 Å². The van der Waals surface area contributed by atoms with E-state index in [4.69, 9.17) is 6.52 Å². The van der Waals surface area contributed by atoms with E-state index in [1.54, 1.807) is 0 Å². The zero-order valence-electron chi connectivity index (χ0n) is 10.5. The highest BCUT2D eigenvalue weighted by molar-refractivity contribution is 5.86. The van der Waals surface area contributed by atoms with Crippen LogP contribution >= 0.6 is 0 Å². The summed E-state index contributed by atoms with van der Waals surface area (Å²) in [5.74, 6) is -1.60. The van der Waals surface area contributed by atoms with Crippen molar-refractivity contribution in [1.82, 2.24) is 5.32 Å². The molecule has 0 aliphatic carbocycles. The fraction of sp³-hybridized carbons (Fsp3) is 0.333. The Kier molecular flexibility index (Phi) is 4.10. The van der Waals surface area contributed by atoms with Gasteiger partial charge >= 0.3 is 5.97 Å². The number of carboxylic acids is 1. The largest absolute Gasteiger partial charge is 0.480 e. The van der Waals surface area contributed by atoms with Crippen LogP contribution in [0.5, 0.6) is 0 Å². The van der Waals surface area contributed by atoms with E-state index in [1.807, 2.05) is 30.3 Å². The maximum atomic E-state index is 11.7. The standard InChI is InChI=1S/C12H16N2O3/c1-8(12(16)17)14-11(15)10(13)7-9-5-3-2-4-6-9/h2-6,8,10H,7,13H2,1H3,(H,14,15)(H,16,17)/t8-,10+/m0/s1/i/hD. The van der Waals surface area contributed by atoms with Gasteiger partial charge < -0.3 is 16.2 Å². The van der Waals surface area contributed by atoms with Crippen LogP contribution in [-0.4, -0.2) is 29.1 Å². The van der Waals surface area contributed by atoms with E-state index in [1.165, 1.54) is 6.92 Å². The van der Waals surface area contributed by atoms with E-state index >= 15 is 0 Å². The lowest BCUT2D eigenvalue weighted by Crippen LogP contribution is -2.47. The number of carbonyl (C=O) groups excluding carboxylic acids is 1. The molecule has 0 radical (unpaired) electrons. The number of hydrogen-bond donors (Lipinski definition) is 3. The topological polar surface area (TPSA) is 92.4 Å². The van der Waals surface area contributed by atoms with Crippen molar-refractivity contribution < 1.29 is 16.1 Å². The van der Waals surface area contributed by atoms with Crippen LogP contribution in [0, 0.1) is 0 Å². The lowest BCUT2D eigenvalue weighted by atomic mass is 10.1. The molecule has 0 spiro atoms. The number of aliphatic carboxylic acids is 1. The van der Waals surface area contributed by atoms with Gasteiger partial charge in [-0.05, 0) is 18.9 Å². The van der Waals surface area contributed by atoms with Gasteiger partial charge in [0.2, 0.25) is 5.91 Å². The molecule has 1 rings (SSSR count). The Morgan fingerprint density at radius 3 is 2.65 bits per heavy atom. The summed E-state index contributed by atoms with van der Waals surface area (Å²) in [5.41, 5.74) is 3.04. The number of nitrogens with one attached hydrogen (secondary N) is 1. The molecule has 0 saturated heterocycles. The SMILES string of the molecule is [2H]N[C@H](Cc1ccccc1)C(=O)N[C@@H](C)C(=O)O. The highest BCUT2D eigenvalue weighted by Gasteiger charge is 2.19. The van der Waals surface area contributed by atoms with Crippen LogP contribution in [-0.2, 0) is 16.0 Å². The van der Waals surface area contributed by atoms with Crippen LogP contribution in [0.1, 0.15) is 12.5 Å². The zero-order valence-corrected chi connectivity index (χ0v) is 9.51. The highest BCUT2D eigenvalue weighted by atomic mass is 16.4. The summed E-state index contributed by atoms with van der Waals surface area (Å²) < 4.78 is 7.13. The molecule has 17 heavy (non-hydrogen) atoms. The molecule has 0 aromatic heterocycles. The first-order valence-corrected chi connectivity index (χ1v) is 5.29. The van der Waals surface area contributed by atoms with Gasteiger partial charge in [0.05, 0.1) is 6.04 Å². The number of nitrogens with two attached hydrogens (primary N) is 1. The minimum absolute atomic E-state index is 0.336. The first-order valence-electron chi connectivity index (χ1n) is 5.79. The van der Waals surface area contributed by atoms with Gasteiger partial charge in [0.15, 0.2) is 0 Å². The summed E-state index contributed by atoms with van der Waals surface area (Å²) in [6, 6.07) is 7.50. The van der Waals surface area contributed by atoms with Crippen molar-refractivity contribution in [2.45, 2.75) is 25.4 Å². The van der Waals surface area contributed by atoms with Crippen LogP contribution in [0.25, 0.3) is 0 Å². The third-order valence-corrected chi connectivity index (χ3v) is 2.33. The lowest BCUT2D eigenvalue weighted by Gasteiger charge is -2.14. The van der Waals surface area contributed by atoms with Crippen molar-refractivity contribution in [2.75, 3.05) is 0 Å². The Balaban J connectivity index is 2.61. The van der Waals surface area contributed by atoms with Gasteiger partial charge in [0, 0.05) is 0 Å². The van der Waals surface area contributed by atoms with Gasteiger partial charge in [-0.1, -0.05) is 30.3 Å². The van der Waals surface area contributed by atoms with Crippen LogP contribution < -0.4 is 11.0 Å². The van der Waals surface area contributed by atoms with Gasteiger partial charge in [-0.25, -0.2) is 0 Å². The minimum Gasteiger partial charge on any atom is -0.480 e. The van der Waals surface area contributed by atoms with Crippen molar-refractivity contribution in [3.8, 4) is 0 Å². The molecule has 4 N–H and O–H groups in total. The van der Waals surface area contributed by atoms with E-state index < -0.39 is 24.0 Å². The molecule has 2 atom stereocenters. The molecule has 0 saturated carbocycles. The van der Waals surface area contributed by atoms with Gasteiger partial charge in [-0.15, -0.1) is 0 Å². The number of amides is 1. The van der Waals surface area contributed by atoms with E-state index in [0.29, 0.717) is 6.42 Å². The van der Waals surface area contributed by atoms with Crippen molar-refractivity contribution in [2.24, 2.45) is 5.73 Å². The molecule has 1 amide bonds. The highest BCUT2D eigenvalue weighted by Crippen LogP contribution is 2.02. The van der Waals surface area contributed by atoms with Gasteiger partial charge in [-0.2, -0.15) is 0 Å². The molecule has 5 nitrogen and oxygen atoms in total. The normalized spacial score (nSPS) is 14.5. The van der Waals surface area contributed by atoms with Gasteiger partial charge in [0.1, 0.15) is 7.45 Å². The van der Waals surface area contributed by atoms with E-state index in [2.05, 4.69) is 11.0 Å². The number of hydrogen-bond acceptors (Lipinski definition) is 3. The lowest BCUT2D eigenvalue weighted by molar-refractivity contribution is -0.141. The average molecular weight is 237 g/mol. The molecular formula is C12H16N2O3. The molecule has 1 aromatic rings. The average Bonchev–Trinajstić information content (AvgIpc) is 2.36. The molecule has 0 aliphatic rings. The first-order chi connectivity index (χ1) is 8.54. The van der Waals surface area contributed by atoms with E-state index in [9.17, 15) is 9.59 Å². The first kappa shape index (κ1) is 11.6. The predicted molar refractivity (Wildman–Crippen MR) is 63.4 cm³/mol. The fourth-order valence-corrected chi connectivity index (χ4v) is 1.32. The van der Waals surface area contributed by atoms with Crippen LogP contribution in [0.3, 0.4) is 0 Å². The summed E-state index contributed by atoms with van der Waals surface area (Å²) in [6.07, 6.45) is 0.336. The quantitative estimate of drug-likeness (QED) is 0.656. The van der Waals surface area contributed by atoms with Crippen LogP contribution in [0.4, 0.5) is 0 Å². The predicted octanol–water partition coefficient (Wildman–Crippen LogP) is 0.146. The Hall–Kier alpha value is -1.88. The molecule has 1 aromatic carbocycles. The monoisotopic (exact) mass is 237 g/mol. The second-order valence-electron chi connectivity index (χ2n) is 3.81. The molecular weight excluding hydrogens is 220 g/mol. The second-order valence-corrected chi connectivity index (χ2v) is 3.81. The fourth-order valence-electron chi connectivity index (χ4n) is 1.32. The summed E-state index contributed by atoms with van der Waals surface area (Å²) in [4.78, 5) is 22.4. The number of carbonyl (C=O) groups is 2. The maximum Gasteiger partial charge on any atom is 0.325 e. The third kappa shape index (κ3) is 4.24. The number of carboxylic acid groups (broad SMARTS) is 1.